The first-order chi connectivity index (χ1) is 7.20. The summed E-state index contributed by atoms with van der Waals surface area (Å²) in [4.78, 5) is 0. The van der Waals surface area contributed by atoms with E-state index in [1.54, 1.807) is 12.1 Å². The Labute approximate surface area is 105 Å². The zero-order valence-electron chi connectivity index (χ0n) is 8.19. The first kappa shape index (κ1) is 11.5. The molecule has 1 atom stereocenters. The van der Waals surface area contributed by atoms with Gasteiger partial charge in [0, 0.05) is 16.6 Å². The second kappa shape index (κ2) is 4.92. The molecule has 1 aromatic carbocycles. The van der Waals surface area contributed by atoms with E-state index in [1.165, 1.54) is 12.8 Å². The Bertz CT molecular complexity index is 359. The smallest absolute Gasteiger partial charge is 0.0655 e. The molecule has 1 heterocycles. The number of piperidine rings is 1. The summed E-state index contributed by atoms with van der Waals surface area (Å²) in [6.07, 6.45) is 3.49. The van der Waals surface area contributed by atoms with Gasteiger partial charge in [0.25, 0.3) is 0 Å². The zero-order valence-corrected chi connectivity index (χ0v) is 10.5. The molecule has 2 rings (SSSR count). The van der Waals surface area contributed by atoms with E-state index < -0.39 is 0 Å². The van der Waals surface area contributed by atoms with Crippen LogP contribution in [-0.4, -0.2) is 6.54 Å². The quantitative estimate of drug-likeness (QED) is 0.738. The van der Waals surface area contributed by atoms with Gasteiger partial charge in [-0.05, 0) is 31.5 Å². The van der Waals surface area contributed by atoms with Crippen molar-refractivity contribution in [2.24, 2.45) is 0 Å². The van der Waals surface area contributed by atoms with Crippen LogP contribution in [0.25, 0.3) is 0 Å². The Morgan fingerprint density at radius 2 is 1.80 bits per heavy atom. The van der Waals surface area contributed by atoms with Crippen LogP contribution >= 0.6 is 34.8 Å². The molecule has 0 bridgehead atoms. The highest BCUT2D eigenvalue weighted by atomic mass is 35.5. The lowest BCUT2D eigenvalue weighted by atomic mass is 9.97. The minimum Gasteiger partial charge on any atom is -0.310 e. The highest BCUT2D eigenvalue weighted by molar-refractivity contribution is 6.44. The van der Waals surface area contributed by atoms with Gasteiger partial charge in [-0.15, -0.1) is 0 Å². The molecule has 1 nitrogen and oxygen atoms in total. The molecule has 0 spiro atoms. The number of halogens is 3. The highest BCUT2D eigenvalue weighted by Crippen LogP contribution is 2.38. The van der Waals surface area contributed by atoms with Gasteiger partial charge in [-0.2, -0.15) is 0 Å². The number of nitrogens with one attached hydrogen (secondary N) is 1. The molecular formula is C11H12Cl3N. The van der Waals surface area contributed by atoms with Crippen molar-refractivity contribution in [1.82, 2.24) is 5.32 Å². The fraction of sp³-hybridized carbons (Fsp3) is 0.455. The molecule has 0 aromatic heterocycles. The van der Waals surface area contributed by atoms with Crippen LogP contribution in [0.15, 0.2) is 12.1 Å². The molecule has 0 amide bonds. The van der Waals surface area contributed by atoms with Crippen LogP contribution in [0, 0.1) is 0 Å². The van der Waals surface area contributed by atoms with Crippen molar-refractivity contribution in [2.45, 2.75) is 25.3 Å². The molecule has 1 aliphatic heterocycles. The Hall–Kier alpha value is 0.0500. The lowest BCUT2D eigenvalue weighted by molar-refractivity contribution is 0.412. The van der Waals surface area contributed by atoms with E-state index in [2.05, 4.69) is 5.32 Å². The molecule has 0 unspecified atom stereocenters. The number of hydrogen-bond acceptors (Lipinski definition) is 1. The molecule has 1 aromatic rings. The maximum atomic E-state index is 6.18. The van der Waals surface area contributed by atoms with Crippen LogP contribution in [0.4, 0.5) is 0 Å². The number of benzene rings is 1. The van der Waals surface area contributed by atoms with E-state index in [1.807, 2.05) is 0 Å². The predicted molar refractivity (Wildman–Crippen MR) is 66.1 cm³/mol. The molecule has 15 heavy (non-hydrogen) atoms. The van der Waals surface area contributed by atoms with Gasteiger partial charge in [-0.25, -0.2) is 0 Å². The van der Waals surface area contributed by atoms with E-state index in [4.69, 9.17) is 34.8 Å². The molecule has 1 fully saturated rings. The van der Waals surface area contributed by atoms with Gasteiger partial charge in [0.1, 0.15) is 0 Å². The largest absolute Gasteiger partial charge is 0.310 e. The van der Waals surface area contributed by atoms with Crippen molar-refractivity contribution >= 4 is 34.8 Å². The van der Waals surface area contributed by atoms with Crippen molar-refractivity contribution in [2.75, 3.05) is 6.54 Å². The second-order valence-corrected chi connectivity index (χ2v) is 4.95. The second-order valence-electron chi connectivity index (χ2n) is 3.76. The third-order valence-electron chi connectivity index (χ3n) is 2.74. The number of hydrogen-bond donors (Lipinski definition) is 1. The third kappa shape index (κ3) is 2.42. The Morgan fingerprint density at radius 1 is 1.07 bits per heavy atom. The minimum atomic E-state index is 0.248. The minimum absolute atomic E-state index is 0.248. The summed E-state index contributed by atoms with van der Waals surface area (Å²) in [7, 11) is 0. The Balaban J connectivity index is 2.36. The summed E-state index contributed by atoms with van der Waals surface area (Å²) < 4.78 is 0. The van der Waals surface area contributed by atoms with Crippen molar-refractivity contribution < 1.29 is 0 Å². The van der Waals surface area contributed by atoms with Crippen molar-refractivity contribution in [3.8, 4) is 0 Å². The van der Waals surface area contributed by atoms with Crippen LogP contribution in [0.5, 0.6) is 0 Å². The van der Waals surface area contributed by atoms with Crippen molar-refractivity contribution in [3.05, 3.63) is 32.8 Å². The monoisotopic (exact) mass is 263 g/mol. The van der Waals surface area contributed by atoms with Crippen LogP contribution < -0.4 is 5.32 Å². The van der Waals surface area contributed by atoms with Gasteiger partial charge in [0.15, 0.2) is 0 Å². The zero-order chi connectivity index (χ0) is 10.8. The van der Waals surface area contributed by atoms with Crippen LogP contribution in [0.3, 0.4) is 0 Å². The fourth-order valence-corrected chi connectivity index (χ4v) is 2.76. The Morgan fingerprint density at radius 3 is 2.47 bits per heavy atom. The third-order valence-corrected chi connectivity index (χ3v) is 3.89. The summed E-state index contributed by atoms with van der Waals surface area (Å²) in [5.74, 6) is 0. The predicted octanol–water partition coefficient (Wildman–Crippen LogP) is 4.46. The molecule has 1 N–H and O–H groups in total. The normalized spacial score (nSPS) is 21.7. The molecule has 0 saturated carbocycles. The molecule has 0 radical (unpaired) electrons. The average Bonchev–Trinajstić information content (AvgIpc) is 2.26. The van der Waals surface area contributed by atoms with E-state index >= 15 is 0 Å². The summed E-state index contributed by atoms with van der Waals surface area (Å²) in [5, 5.41) is 5.27. The molecule has 1 aliphatic rings. The summed E-state index contributed by atoms with van der Waals surface area (Å²) in [5.41, 5.74) is 0.950. The van der Waals surface area contributed by atoms with Gasteiger partial charge in [-0.3, -0.25) is 0 Å². The van der Waals surface area contributed by atoms with E-state index in [0.29, 0.717) is 15.1 Å². The van der Waals surface area contributed by atoms with Gasteiger partial charge in [0.05, 0.1) is 10.0 Å². The maximum absolute atomic E-state index is 6.18. The van der Waals surface area contributed by atoms with Crippen molar-refractivity contribution in [1.29, 1.82) is 0 Å². The lowest BCUT2D eigenvalue weighted by Crippen LogP contribution is -2.27. The first-order valence-electron chi connectivity index (χ1n) is 5.07. The Kier molecular flexibility index (Phi) is 3.78. The SMILES string of the molecule is Clc1ccc(Cl)c([C@@H]2CCCCN2)c1Cl. The van der Waals surface area contributed by atoms with E-state index in [9.17, 15) is 0 Å². The van der Waals surface area contributed by atoms with Gasteiger partial charge in [0.2, 0.25) is 0 Å². The van der Waals surface area contributed by atoms with Crippen LogP contribution in [-0.2, 0) is 0 Å². The van der Waals surface area contributed by atoms with E-state index in [-0.39, 0.29) is 6.04 Å². The van der Waals surface area contributed by atoms with Crippen molar-refractivity contribution in [3.63, 3.8) is 0 Å². The molecule has 82 valence electrons. The molecular weight excluding hydrogens is 252 g/mol. The summed E-state index contributed by atoms with van der Waals surface area (Å²) in [6.45, 7) is 1.02. The highest BCUT2D eigenvalue weighted by Gasteiger charge is 2.21. The molecule has 4 heteroatoms. The van der Waals surface area contributed by atoms with Gasteiger partial charge in [-0.1, -0.05) is 41.2 Å². The average molecular weight is 265 g/mol. The van der Waals surface area contributed by atoms with Crippen LogP contribution in [0.2, 0.25) is 15.1 Å². The number of rotatable bonds is 1. The molecule has 1 saturated heterocycles. The van der Waals surface area contributed by atoms with E-state index in [0.717, 1.165) is 18.5 Å². The first-order valence-corrected chi connectivity index (χ1v) is 6.20. The standard InChI is InChI=1S/C11H12Cl3N/c12-7-4-5-8(13)11(14)10(7)9-3-1-2-6-15-9/h4-5,9,15H,1-3,6H2/t9-/m0/s1. The fourth-order valence-electron chi connectivity index (χ4n) is 1.96. The topological polar surface area (TPSA) is 12.0 Å². The maximum Gasteiger partial charge on any atom is 0.0655 e. The summed E-state index contributed by atoms with van der Waals surface area (Å²) >= 11 is 18.3. The molecule has 0 aliphatic carbocycles. The van der Waals surface area contributed by atoms with Crippen LogP contribution in [0.1, 0.15) is 30.9 Å². The van der Waals surface area contributed by atoms with Gasteiger partial charge >= 0.3 is 0 Å². The van der Waals surface area contributed by atoms with Gasteiger partial charge < -0.3 is 5.32 Å². The summed E-state index contributed by atoms with van der Waals surface area (Å²) in [6, 6.07) is 3.79. The lowest BCUT2D eigenvalue weighted by Gasteiger charge is -2.25.